The molecule has 0 N–H and O–H groups in total. The van der Waals surface area contributed by atoms with E-state index in [2.05, 4.69) is 4.90 Å². The predicted octanol–water partition coefficient (Wildman–Crippen LogP) is 2.02. The van der Waals surface area contributed by atoms with E-state index in [1.54, 1.807) is 16.8 Å². The molecule has 7 heteroatoms. The summed E-state index contributed by atoms with van der Waals surface area (Å²) < 4.78 is 10.4. The van der Waals surface area contributed by atoms with Gasteiger partial charge in [0.15, 0.2) is 0 Å². The molecule has 2 saturated heterocycles. The molecular formula is C17H31N3O4. The Hall–Kier alpha value is -1.50. The second kappa shape index (κ2) is 8.05. The Morgan fingerprint density at radius 1 is 1.33 bits per heavy atom. The fourth-order valence-electron chi connectivity index (χ4n) is 3.20. The molecule has 0 aromatic carbocycles. The van der Waals surface area contributed by atoms with Crippen LogP contribution in [0.3, 0.4) is 0 Å². The first-order chi connectivity index (χ1) is 11.2. The van der Waals surface area contributed by atoms with Gasteiger partial charge in [0.25, 0.3) is 0 Å². The van der Waals surface area contributed by atoms with Crippen molar-refractivity contribution in [2.45, 2.75) is 39.2 Å². The van der Waals surface area contributed by atoms with Gasteiger partial charge in [-0.1, -0.05) is 0 Å². The third kappa shape index (κ3) is 5.85. The molecule has 1 unspecified atom stereocenters. The van der Waals surface area contributed by atoms with Crippen LogP contribution in [0.25, 0.3) is 0 Å². The van der Waals surface area contributed by atoms with E-state index in [4.69, 9.17) is 9.47 Å². The number of amides is 2. The van der Waals surface area contributed by atoms with Gasteiger partial charge in [0, 0.05) is 33.2 Å². The second-order valence-corrected chi connectivity index (χ2v) is 7.77. The maximum Gasteiger partial charge on any atom is 0.410 e. The van der Waals surface area contributed by atoms with Gasteiger partial charge in [0.1, 0.15) is 12.2 Å². The zero-order valence-electron chi connectivity index (χ0n) is 15.4. The van der Waals surface area contributed by atoms with E-state index in [-0.39, 0.29) is 12.2 Å². The molecule has 2 amide bonds. The molecule has 0 aromatic rings. The quantitative estimate of drug-likeness (QED) is 0.765. The number of rotatable bonds is 5. The van der Waals surface area contributed by atoms with E-state index >= 15 is 0 Å². The molecule has 138 valence electrons. The molecule has 0 aliphatic carbocycles. The second-order valence-electron chi connectivity index (χ2n) is 7.77. The van der Waals surface area contributed by atoms with Gasteiger partial charge in [0.2, 0.25) is 0 Å². The number of hydrogen-bond donors (Lipinski definition) is 0. The maximum absolute atomic E-state index is 12.1. The largest absolute Gasteiger partial charge is 0.448 e. The molecule has 2 aliphatic heterocycles. The zero-order chi connectivity index (χ0) is 17.7. The number of nitrogens with zero attached hydrogens (tertiary/aromatic N) is 3. The Bertz CT molecular complexity index is 450. The van der Waals surface area contributed by atoms with Crippen LogP contribution in [0, 0.1) is 5.92 Å². The van der Waals surface area contributed by atoms with Crippen molar-refractivity contribution in [1.82, 2.24) is 14.7 Å². The third-order valence-electron chi connectivity index (χ3n) is 4.37. The first-order valence-electron chi connectivity index (χ1n) is 8.83. The average Bonchev–Trinajstić information content (AvgIpc) is 2.89. The summed E-state index contributed by atoms with van der Waals surface area (Å²) in [6.07, 6.45) is 1.78. The summed E-state index contributed by atoms with van der Waals surface area (Å²) in [6.45, 7) is 11.1. The number of piperidine rings is 1. The van der Waals surface area contributed by atoms with Crippen LogP contribution in [-0.2, 0) is 9.47 Å². The van der Waals surface area contributed by atoms with Gasteiger partial charge in [-0.2, -0.15) is 0 Å². The van der Waals surface area contributed by atoms with Crippen molar-refractivity contribution in [2.24, 2.45) is 5.92 Å². The van der Waals surface area contributed by atoms with Gasteiger partial charge in [-0.15, -0.1) is 0 Å². The van der Waals surface area contributed by atoms with E-state index in [0.29, 0.717) is 32.2 Å². The summed E-state index contributed by atoms with van der Waals surface area (Å²) in [7, 11) is 1.80. The maximum atomic E-state index is 12.1. The number of hydrogen-bond acceptors (Lipinski definition) is 5. The molecule has 0 saturated carbocycles. The van der Waals surface area contributed by atoms with Gasteiger partial charge < -0.3 is 24.2 Å². The summed E-state index contributed by atoms with van der Waals surface area (Å²) in [5.41, 5.74) is -0.464. The molecule has 1 atom stereocenters. The molecule has 2 heterocycles. The van der Waals surface area contributed by atoms with E-state index in [0.717, 1.165) is 32.5 Å². The molecule has 2 fully saturated rings. The van der Waals surface area contributed by atoms with Crippen molar-refractivity contribution in [3.05, 3.63) is 0 Å². The summed E-state index contributed by atoms with van der Waals surface area (Å²) in [5, 5.41) is 0. The van der Waals surface area contributed by atoms with E-state index in [1.165, 1.54) is 0 Å². The van der Waals surface area contributed by atoms with Gasteiger partial charge in [-0.3, -0.25) is 0 Å². The molecule has 0 aromatic heterocycles. The van der Waals surface area contributed by atoms with Crippen LogP contribution in [0.5, 0.6) is 0 Å². The first kappa shape index (κ1) is 18.8. The van der Waals surface area contributed by atoms with Crippen molar-refractivity contribution < 1.29 is 19.1 Å². The number of carbonyl (C=O) groups excluding carboxylic acids is 2. The summed E-state index contributed by atoms with van der Waals surface area (Å²) >= 11 is 0. The van der Waals surface area contributed by atoms with E-state index in [9.17, 15) is 9.59 Å². The van der Waals surface area contributed by atoms with Crippen LogP contribution < -0.4 is 0 Å². The minimum absolute atomic E-state index is 0.201. The topological polar surface area (TPSA) is 62.3 Å². The van der Waals surface area contributed by atoms with Crippen molar-refractivity contribution in [1.29, 1.82) is 0 Å². The fourth-order valence-corrected chi connectivity index (χ4v) is 3.20. The fraction of sp³-hybridized carbons (Fsp3) is 0.882. The lowest BCUT2D eigenvalue weighted by Crippen LogP contribution is -2.45. The highest BCUT2D eigenvalue weighted by Gasteiger charge is 2.27. The van der Waals surface area contributed by atoms with Gasteiger partial charge >= 0.3 is 12.2 Å². The Kier molecular flexibility index (Phi) is 6.32. The molecule has 0 radical (unpaired) electrons. The zero-order valence-corrected chi connectivity index (χ0v) is 15.4. The van der Waals surface area contributed by atoms with Crippen LogP contribution in [-0.4, -0.2) is 85.4 Å². The summed E-state index contributed by atoms with van der Waals surface area (Å²) in [6, 6.07) is 0. The highest BCUT2D eigenvalue weighted by molar-refractivity contribution is 5.69. The van der Waals surface area contributed by atoms with Crippen LogP contribution in [0.15, 0.2) is 0 Å². The highest BCUT2D eigenvalue weighted by atomic mass is 16.6. The molecule has 2 aliphatic rings. The average molecular weight is 341 g/mol. The lowest BCUT2D eigenvalue weighted by atomic mass is 9.97. The lowest BCUT2D eigenvalue weighted by molar-refractivity contribution is 0.0242. The van der Waals surface area contributed by atoms with Crippen LogP contribution in [0.4, 0.5) is 9.59 Å². The van der Waals surface area contributed by atoms with Crippen LogP contribution >= 0.6 is 0 Å². The van der Waals surface area contributed by atoms with Crippen molar-refractivity contribution >= 4 is 12.2 Å². The van der Waals surface area contributed by atoms with Crippen molar-refractivity contribution in [3.63, 3.8) is 0 Å². The van der Waals surface area contributed by atoms with Gasteiger partial charge in [0.05, 0.1) is 6.54 Å². The normalized spacial score (nSPS) is 22.4. The minimum atomic E-state index is -0.464. The molecule has 7 nitrogen and oxygen atoms in total. The Morgan fingerprint density at radius 2 is 2.08 bits per heavy atom. The first-order valence-corrected chi connectivity index (χ1v) is 8.83. The molecule has 24 heavy (non-hydrogen) atoms. The lowest BCUT2D eigenvalue weighted by Gasteiger charge is -2.35. The van der Waals surface area contributed by atoms with Gasteiger partial charge in [-0.25, -0.2) is 9.59 Å². The molecule has 0 spiro atoms. The van der Waals surface area contributed by atoms with E-state index < -0.39 is 5.60 Å². The smallest absolute Gasteiger partial charge is 0.410 e. The van der Waals surface area contributed by atoms with Crippen LogP contribution in [0.2, 0.25) is 0 Å². The molecule has 2 rings (SSSR count). The van der Waals surface area contributed by atoms with Crippen molar-refractivity contribution in [3.8, 4) is 0 Å². The SMILES string of the molecule is CN(CC1CCCN(CCN2CCOC2=O)C1)C(=O)OC(C)(C)C. The third-order valence-corrected chi connectivity index (χ3v) is 4.37. The number of likely N-dealkylation sites (tertiary alicyclic amines) is 1. The number of cyclic esters (lactones) is 1. The Labute approximate surface area is 144 Å². The van der Waals surface area contributed by atoms with Crippen molar-refractivity contribution in [2.75, 3.05) is 52.9 Å². The Balaban J connectivity index is 1.74. The predicted molar refractivity (Wildman–Crippen MR) is 90.9 cm³/mol. The molecular weight excluding hydrogens is 310 g/mol. The van der Waals surface area contributed by atoms with Gasteiger partial charge in [-0.05, 0) is 46.1 Å². The summed E-state index contributed by atoms with van der Waals surface area (Å²) in [4.78, 5) is 29.4. The van der Waals surface area contributed by atoms with E-state index in [1.807, 2.05) is 20.8 Å². The summed E-state index contributed by atoms with van der Waals surface area (Å²) in [5.74, 6) is 0.446. The monoisotopic (exact) mass is 341 g/mol. The highest BCUT2D eigenvalue weighted by Crippen LogP contribution is 2.18. The number of carbonyl (C=O) groups is 2. The standard InChI is InChI=1S/C17H31N3O4/c1-17(2,3)24-15(21)18(4)12-14-6-5-7-19(13-14)8-9-20-10-11-23-16(20)22/h14H,5-13H2,1-4H3. The molecule has 0 bridgehead atoms. The Morgan fingerprint density at radius 3 is 2.71 bits per heavy atom. The minimum Gasteiger partial charge on any atom is -0.448 e. The van der Waals surface area contributed by atoms with Crippen LogP contribution in [0.1, 0.15) is 33.6 Å². The number of ether oxygens (including phenoxy) is 2.